The molecule has 0 spiro atoms. The molecule has 0 saturated carbocycles. The maximum absolute atomic E-state index is 3.65. The second-order valence-corrected chi connectivity index (χ2v) is 11.3. The molecule has 4 rings (SSSR count). The monoisotopic (exact) mass is 532 g/mol. The molecular formula is C27H27Cl3SiTi. The third kappa shape index (κ3) is 6.08. The van der Waals surface area contributed by atoms with Gasteiger partial charge in [-0.2, -0.15) is 6.08 Å². The van der Waals surface area contributed by atoms with E-state index in [1.54, 1.807) is 5.20 Å². The van der Waals surface area contributed by atoms with Crippen LogP contribution in [0.1, 0.15) is 32.6 Å². The Kier molecular flexibility index (Phi) is 14.5. The minimum atomic E-state index is -2.32. The Labute approximate surface area is 227 Å². The molecule has 0 atom stereocenters. The molecule has 164 valence electrons. The third-order valence-electron chi connectivity index (χ3n) is 5.80. The number of halogens is 3. The Morgan fingerprint density at radius 1 is 0.688 bits per heavy atom. The van der Waals surface area contributed by atoms with Gasteiger partial charge >= 0.3 is 21.7 Å². The summed E-state index contributed by atoms with van der Waals surface area (Å²) in [6, 6.07) is 33.6. The van der Waals surface area contributed by atoms with E-state index in [9.17, 15) is 0 Å². The number of unbranched alkanes of at least 4 members (excludes halogenated alkanes) is 1. The van der Waals surface area contributed by atoms with E-state index in [2.05, 4.69) is 110 Å². The van der Waals surface area contributed by atoms with Crippen LogP contribution < -0.4 is 52.8 Å². The Morgan fingerprint density at radius 3 is 1.47 bits per heavy atom. The van der Waals surface area contributed by atoms with Crippen molar-refractivity contribution in [2.45, 2.75) is 32.6 Å². The summed E-state index contributed by atoms with van der Waals surface area (Å²) in [5.41, 5.74) is 1.45. The van der Waals surface area contributed by atoms with Crippen molar-refractivity contribution in [1.29, 1.82) is 0 Å². The van der Waals surface area contributed by atoms with Gasteiger partial charge in [0.15, 0.2) is 0 Å². The van der Waals surface area contributed by atoms with Crippen LogP contribution in [0.4, 0.5) is 0 Å². The van der Waals surface area contributed by atoms with Crippen molar-refractivity contribution in [3.63, 3.8) is 0 Å². The molecule has 1 aliphatic carbocycles. The van der Waals surface area contributed by atoms with Crippen LogP contribution in [0.25, 0.3) is 0 Å². The SMILES string of the molecule is CCCCC1=C([Si](c2ccccc2)(c2ccccc2)c2ccccc2)CC=[C-]1.[Cl-].[Cl-].[Cl-].[Ti+4]. The van der Waals surface area contributed by atoms with E-state index in [1.165, 1.54) is 34.0 Å². The fraction of sp³-hybridized carbons (Fsp3) is 0.185. The van der Waals surface area contributed by atoms with E-state index in [0.29, 0.717) is 0 Å². The van der Waals surface area contributed by atoms with E-state index < -0.39 is 8.07 Å². The zero-order valence-electron chi connectivity index (χ0n) is 18.2. The van der Waals surface area contributed by atoms with Crippen LogP contribution in [0.3, 0.4) is 0 Å². The largest absolute Gasteiger partial charge is 4.00 e. The Hall–Kier alpha value is -1.06. The first-order valence-corrected chi connectivity index (χ1v) is 12.3. The van der Waals surface area contributed by atoms with Gasteiger partial charge in [-0.05, 0) is 0 Å². The maximum atomic E-state index is 3.65. The van der Waals surface area contributed by atoms with Crippen LogP contribution in [-0.2, 0) is 21.7 Å². The Bertz CT molecular complexity index is 877. The molecule has 0 nitrogen and oxygen atoms in total. The number of hydrogen-bond acceptors (Lipinski definition) is 0. The van der Waals surface area contributed by atoms with Gasteiger partial charge in [-0.1, -0.05) is 139 Å². The van der Waals surface area contributed by atoms with Gasteiger partial charge in [0.2, 0.25) is 0 Å². The normalized spacial score (nSPS) is 12.2. The fourth-order valence-corrected chi connectivity index (χ4v) is 9.71. The summed E-state index contributed by atoms with van der Waals surface area (Å²) in [5, 5.41) is 6.01. The van der Waals surface area contributed by atoms with E-state index in [0.717, 1.165) is 12.8 Å². The molecule has 3 aromatic rings. The third-order valence-corrected chi connectivity index (χ3v) is 10.8. The summed E-state index contributed by atoms with van der Waals surface area (Å²) in [6.45, 7) is 2.27. The molecule has 3 aromatic carbocycles. The first-order chi connectivity index (χ1) is 13.9. The second-order valence-electron chi connectivity index (χ2n) is 7.46. The summed E-state index contributed by atoms with van der Waals surface area (Å²) in [4.78, 5) is 0. The topological polar surface area (TPSA) is 0 Å². The van der Waals surface area contributed by atoms with Crippen molar-refractivity contribution in [2.24, 2.45) is 0 Å². The number of hydrogen-bond donors (Lipinski definition) is 0. The molecule has 0 N–H and O–H groups in total. The first kappa shape index (κ1) is 30.9. The summed E-state index contributed by atoms with van der Waals surface area (Å²) < 4.78 is 0. The Morgan fingerprint density at radius 2 is 1.09 bits per heavy atom. The standard InChI is InChI=1S/C27H27Si.3ClH.Ti/c1-2-3-14-23-15-13-22-27(23)28(24-16-7-4-8-17-24,25-18-9-5-10-19-25)26-20-11-6-12-21-26;;;;/h4-13,16-21H,2-3,14,22H2,1H3;3*1H;/q-1;;;;+4/p-3. The van der Waals surface area contributed by atoms with Crippen LogP contribution in [0.15, 0.2) is 108 Å². The molecule has 0 aliphatic heterocycles. The average Bonchev–Trinajstić information content (AvgIpc) is 3.24. The predicted octanol–water partition coefficient (Wildman–Crippen LogP) is -4.04. The molecular weight excluding hydrogens is 507 g/mol. The number of allylic oxidation sites excluding steroid dienone is 4. The predicted molar refractivity (Wildman–Crippen MR) is 123 cm³/mol. The van der Waals surface area contributed by atoms with E-state index in [1.807, 2.05) is 0 Å². The Balaban J connectivity index is 0.00000240. The van der Waals surface area contributed by atoms with Gasteiger partial charge in [0.1, 0.15) is 0 Å². The summed E-state index contributed by atoms with van der Waals surface area (Å²) in [6.07, 6.45) is 10.5. The van der Waals surface area contributed by atoms with Crippen molar-refractivity contribution in [3.05, 3.63) is 114 Å². The van der Waals surface area contributed by atoms with Crippen molar-refractivity contribution in [1.82, 2.24) is 0 Å². The molecule has 0 aromatic heterocycles. The summed E-state index contributed by atoms with van der Waals surface area (Å²) in [7, 11) is -2.32. The quantitative estimate of drug-likeness (QED) is 0.165. The van der Waals surface area contributed by atoms with E-state index >= 15 is 0 Å². The van der Waals surface area contributed by atoms with E-state index in [4.69, 9.17) is 0 Å². The van der Waals surface area contributed by atoms with Crippen LogP contribution in [-0.4, -0.2) is 8.07 Å². The van der Waals surface area contributed by atoms with Gasteiger partial charge in [-0.25, -0.2) is 10.8 Å². The molecule has 1 aliphatic rings. The van der Waals surface area contributed by atoms with Gasteiger partial charge in [0.05, 0.1) is 8.07 Å². The van der Waals surface area contributed by atoms with Crippen molar-refractivity contribution >= 4 is 23.6 Å². The summed E-state index contributed by atoms with van der Waals surface area (Å²) >= 11 is 0. The minimum Gasteiger partial charge on any atom is -1.00 e. The molecule has 0 radical (unpaired) electrons. The van der Waals surface area contributed by atoms with Gasteiger partial charge in [0.25, 0.3) is 0 Å². The fourth-order valence-electron chi connectivity index (χ4n) is 4.53. The zero-order chi connectivity index (χ0) is 19.2. The van der Waals surface area contributed by atoms with Crippen LogP contribution in [0, 0.1) is 6.08 Å². The van der Waals surface area contributed by atoms with Gasteiger partial charge in [0, 0.05) is 0 Å². The number of benzene rings is 3. The molecule has 0 bridgehead atoms. The maximum Gasteiger partial charge on any atom is 4.00 e. The van der Waals surface area contributed by atoms with Crippen LogP contribution in [0.5, 0.6) is 0 Å². The smallest absolute Gasteiger partial charge is 1.00 e. The van der Waals surface area contributed by atoms with Gasteiger partial charge < -0.3 is 37.2 Å². The first-order valence-electron chi connectivity index (χ1n) is 10.3. The second kappa shape index (κ2) is 15.0. The van der Waals surface area contributed by atoms with Gasteiger partial charge in [-0.3, -0.25) is 6.08 Å². The molecule has 0 amide bonds. The zero-order valence-corrected chi connectivity index (χ0v) is 23.0. The van der Waals surface area contributed by atoms with Crippen molar-refractivity contribution in [2.75, 3.05) is 0 Å². The minimum absolute atomic E-state index is 0. The number of rotatable bonds is 7. The molecule has 0 heterocycles. The molecule has 32 heavy (non-hydrogen) atoms. The molecule has 5 heteroatoms. The molecule has 0 unspecified atom stereocenters. The van der Waals surface area contributed by atoms with E-state index in [-0.39, 0.29) is 58.9 Å². The van der Waals surface area contributed by atoms with Crippen molar-refractivity contribution in [3.8, 4) is 0 Å². The molecule has 0 saturated heterocycles. The van der Waals surface area contributed by atoms with Crippen LogP contribution >= 0.6 is 0 Å². The van der Waals surface area contributed by atoms with Crippen molar-refractivity contribution < 1.29 is 58.9 Å². The molecule has 0 fully saturated rings. The van der Waals surface area contributed by atoms with Gasteiger partial charge in [-0.15, -0.1) is 0 Å². The summed E-state index contributed by atoms with van der Waals surface area (Å²) in [5.74, 6) is 0. The van der Waals surface area contributed by atoms with Crippen LogP contribution in [0.2, 0.25) is 0 Å². The average molecular weight is 534 g/mol.